The predicted molar refractivity (Wildman–Crippen MR) is 133 cm³/mol. The van der Waals surface area contributed by atoms with Crippen LogP contribution in [0, 0.1) is 18.3 Å². The maximum Gasteiger partial charge on any atom is 0.0991 e. The minimum atomic E-state index is 0.711. The second kappa shape index (κ2) is 11.0. The minimum absolute atomic E-state index is 0.711. The Bertz CT molecular complexity index is 1140. The number of benzene rings is 2. The number of anilines is 1. The number of aromatic amines is 1. The van der Waals surface area contributed by atoms with Crippen LogP contribution in [-0.2, 0) is 13.1 Å². The quantitative estimate of drug-likeness (QED) is 0.387. The van der Waals surface area contributed by atoms with Crippen molar-refractivity contribution in [3.8, 4) is 6.07 Å². The number of hydrogen-bond donors (Lipinski definition) is 1. The lowest BCUT2D eigenvalue weighted by Crippen LogP contribution is -2.28. The van der Waals surface area contributed by atoms with E-state index in [1.54, 1.807) is 29.6 Å². The van der Waals surface area contributed by atoms with E-state index in [0.29, 0.717) is 5.56 Å². The first kappa shape index (κ1) is 22.2. The van der Waals surface area contributed by atoms with Gasteiger partial charge in [-0.3, -0.25) is 0 Å². The molecule has 4 aromatic rings. The zero-order valence-electron chi connectivity index (χ0n) is 17.9. The number of fused-ring (bicyclic) bond motifs is 1. The summed E-state index contributed by atoms with van der Waals surface area (Å²) in [4.78, 5) is 9.66. The van der Waals surface area contributed by atoms with Crippen LogP contribution in [-0.4, -0.2) is 27.4 Å². The van der Waals surface area contributed by atoms with Gasteiger partial charge in [0.05, 0.1) is 34.4 Å². The largest absolute Gasteiger partial charge is 0.364 e. The molecular weight excluding hydrogens is 434 g/mol. The Morgan fingerprint density at radius 1 is 1.12 bits per heavy atom. The second-order valence-electron chi connectivity index (χ2n) is 7.50. The second-order valence-corrected chi connectivity index (χ2v) is 9.84. The highest BCUT2D eigenvalue weighted by atomic mass is 32.2. The molecule has 3 heterocycles. The molecule has 0 radical (unpaired) electrons. The molecule has 0 unspecified atom stereocenters. The van der Waals surface area contributed by atoms with Gasteiger partial charge in [0.25, 0.3) is 0 Å². The van der Waals surface area contributed by atoms with Crippen LogP contribution in [0.4, 0.5) is 5.69 Å². The van der Waals surface area contributed by atoms with Crippen LogP contribution < -0.4 is 4.90 Å². The highest BCUT2D eigenvalue weighted by Gasteiger charge is 2.21. The molecule has 5 nitrogen and oxygen atoms in total. The summed E-state index contributed by atoms with van der Waals surface area (Å²) in [6.45, 7) is 5.58. The van der Waals surface area contributed by atoms with Gasteiger partial charge < -0.3 is 9.88 Å². The van der Waals surface area contributed by atoms with Crippen LogP contribution in [0.3, 0.4) is 0 Å². The van der Waals surface area contributed by atoms with Gasteiger partial charge in [-0.05, 0) is 54.1 Å². The SMILES string of the molecule is Cc1ccccc1.N#Cc1ccc2c(c1)CN(Sc1cccs1)CCN2Cc1cnc[nH]1. The Kier molecular flexibility index (Phi) is 7.62. The van der Waals surface area contributed by atoms with Gasteiger partial charge in [0, 0.05) is 31.5 Å². The normalized spacial score (nSPS) is 13.4. The van der Waals surface area contributed by atoms with E-state index >= 15 is 0 Å². The number of H-pyrrole nitrogens is 1. The number of nitrogens with zero attached hydrogens (tertiary/aromatic N) is 4. The molecule has 5 rings (SSSR count). The zero-order valence-corrected chi connectivity index (χ0v) is 19.6. The summed E-state index contributed by atoms with van der Waals surface area (Å²) in [5.74, 6) is 0. The van der Waals surface area contributed by atoms with Crippen LogP contribution in [0.25, 0.3) is 0 Å². The lowest BCUT2D eigenvalue weighted by molar-refractivity contribution is 0.483. The molecule has 162 valence electrons. The van der Waals surface area contributed by atoms with Crippen LogP contribution in [0.5, 0.6) is 0 Å². The molecule has 0 bridgehead atoms. The van der Waals surface area contributed by atoms with Gasteiger partial charge in [0.1, 0.15) is 0 Å². The third kappa shape index (κ3) is 6.01. The Hall–Kier alpha value is -3.05. The van der Waals surface area contributed by atoms with E-state index in [1.165, 1.54) is 21.0 Å². The molecule has 0 saturated carbocycles. The lowest BCUT2D eigenvalue weighted by Gasteiger charge is -2.24. The van der Waals surface area contributed by atoms with Crippen molar-refractivity contribution in [2.75, 3.05) is 18.0 Å². The topological polar surface area (TPSA) is 59.0 Å². The smallest absolute Gasteiger partial charge is 0.0991 e. The lowest BCUT2D eigenvalue weighted by atomic mass is 10.1. The average molecular weight is 460 g/mol. The van der Waals surface area contributed by atoms with Crippen molar-refractivity contribution in [3.63, 3.8) is 0 Å². The standard InChI is InChI=1S/C18H17N5S2.C7H8/c19-9-14-3-4-17-15(8-14)11-23(25-18-2-1-7-24-18)6-5-22(17)12-16-10-20-13-21-16;1-7-5-3-2-4-6-7/h1-4,7-8,10,13H,5-6,11-12H2,(H,20,21);2-6H,1H3. The molecule has 7 heteroatoms. The van der Waals surface area contributed by atoms with Gasteiger partial charge in [-0.1, -0.05) is 42.0 Å². The number of aromatic nitrogens is 2. The minimum Gasteiger partial charge on any atom is -0.364 e. The summed E-state index contributed by atoms with van der Waals surface area (Å²) in [6, 6.07) is 22.7. The molecule has 2 aromatic carbocycles. The van der Waals surface area contributed by atoms with E-state index in [1.807, 2.05) is 36.5 Å². The Morgan fingerprint density at radius 2 is 2.00 bits per heavy atom. The number of imidazole rings is 1. The van der Waals surface area contributed by atoms with Crippen LogP contribution >= 0.6 is 23.3 Å². The molecule has 32 heavy (non-hydrogen) atoms. The van der Waals surface area contributed by atoms with Crippen molar-refractivity contribution in [1.82, 2.24) is 14.3 Å². The summed E-state index contributed by atoms with van der Waals surface area (Å²) in [5, 5.41) is 11.4. The number of aryl methyl sites for hydroxylation is 1. The van der Waals surface area contributed by atoms with E-state index in [2.05, 4.69) is 67.9 Å². The fraction of sp³-hybridized carbons (Fsp3) is 0.200. The predicted octanol–water partition coefficient (Wildman–Crippen LogP) is 5.87. The summed E-state index contributed by atoms with van der Waals surface area (Å²) in [5.41, 5.74) is 5.52. The van der Waals surface area contributed by atoms with Gasteiger partial charge in [0.15, 0.2) is 0 Å². The maximum atomic E-state index is 9.26. The summed E-state index contributed by atoms with van der Waals surface area (Å²) in [6.07, 6.45) is 3.58. The third-order valence-electron chi connectivity index (χ3n) is 5.09. The van der Waals surface area contributed by atoms with Crippen LogP contribution in [0.15, 0.2) is 82.8 Å². The molecule has 0 atom stereocenters. The molecular formula is C25H25N5S2. The van der Waals surface area contributed by atoms with Gasteiger partial charge in [-0.25, -0.2) is 9.29 Å². The van der Waals surface area contributed by atoms with Crippen LogP contribution in [0.1, 0.15) is 22.4 Å². The summed E-state index contributed by atoms with van der Waals surface area (Å²) >= 11 is 3.55. The first-order valence-electron chi connectivity index (χ1n) is 10.4. The Balaban J connectivity index is 0.000000300. The van der Waals surface area contributed by atoms with Gasteiger partial charge in [-0.2, -0.15) is 5.26 Å². The molecule has 2 aromatic heterocycles. The van der Waals surface area contributed by atoms with E-state index in [9.17, 15) is 5.26 Å². The van der Waals surface area contributed by atoms with E-state index < -0.39 is 0 Å². The van der Waals surface area contributed by atoms with E-state index in [0.717, 1.165) is 31.9 Å². The van der Waals surface area contributed by atoms with Crippen molar-refractivity contribution < 1.29 is 0 Å². The van der Waals surface area contributed by atoms with E-state index in [-0.39, 0.29) is 0 Å². The highest BCUT2D eigenvalue weighted by Crippen LogP contribution is 2.34. The zero-order chi connectivity index (χ0) is 22.2. The summed E-state index contributed by atoms with van der Waals surface area (Å²) in [7, 11) is 0. The van der Waals surface area contributed by atoms with Crippen molar-refractivity contribution in [2.45, 2.75) is 24.2 Å². The van der Waals surface area contributed by atoms with Crippen molar-refractivity contribution in [1.29, 1.82) is 5.26 Å². The molecule has 0 fully saturated rings. The van der Waals surface area contributed by atoms with E-state index in [4.69, 9.17) is 0 Å². The number of hydrogen-bond acceptors (Lipinski definition) is 6. The maximum absolute atomic E-state index is 9.26. The average Bonchev–Trinajstić information content (AvgIpc) is 3.49. The monoisotopic (exact) mass is 459 g/mol. The molecule has 1 N–H and O–H groups in total. The molecule has 0 amide bonds. The number of thiophene rings is 1. The third-order valence-corrected chi connectivity index (χ3v) is 7.15. The van der Waals surface area contributed by atoms with Gasteiger partial charge >= 0.3 is 0 Å². The Labute approximate surface area is 197 Å². The first-order valence-corrected chi connectivity index (χ1v) is 12.1. The fourth-order valence-electron chi connectivity index (χ4n) is 3.51. The molecule has 1 aliphatic rings. The van der Waals surface area contributed by atoms with Gasteiger partial charge in [-0.15, -0.1) is 11.3 Å². The number of nitriles is 1. The molecule has 0 spiro atoms. The first-order chi connectivity index (χ1) is 15.7. The molecule has 1 aliphatic heterocycles. The van der Waals surface area contributed by atoms with Crippen molar-refractivity contribution in [3.05, 3.63) is 101 Å². The van der Waals surface area contributed by atoms with Crippen molar-refractivity contribution >= 4 is 29.0 Å². The van der Waals surface area contributed by atoms with Crippen LogP contribution in [0.2, 0.25) is 0 Å². The highest BCUT2D eigenvalue weighted by molar-refractivity contribution is 7.98. The van der Waals surface area contributed by atoms with Gasteiger partial charge in [0.2, 0.25) is 0 Å². The number of rotatable bonds is 4. The Morgan fingerprint density at radius 3 is 2.66 bits per heavy atom. The molecule has 0 aliphatic carbocycles. The number of nitrogens with one attached hydrogen (secondary N) is 1. The molecule has 0 saturated heterocycles. The summed E-state index contributed by atoms with van der Waals surface area (Å²) < 4.78 is 3.67. The van der Waals surface area contributed by atoms with Crippen molar-refractivity contribution in [2.24, 2.45) is 0 Å². The fourth-order valence-corrected chi connectivity index (χ4v) is 5.38.